The fourth-order valence-corrected chi connectivity index (χ4v) is 10.1. The number of furan rings is 2. The number of hydrogen-bond donors (Lipinski definition) is 1. The van der Waals surface area contributed by atoms with Crippen molar-refractivity contribution in [3.63, 3.8) is 0 Å². The molecule has 0 saturated carbocycles. The molecule has 9 aromatic rings. The van der Waals surface area contributed by atoms with E-state index in [0.717, 1.165) is 74.0 Å². The number of nitrogens with zero attached hydrogens (tertiary/aromatic N) is 1. The molecule has 0 bridgehead atoms. The lowest BCUT2D eigenvalue weighted by molar-refractivity contribution is 0.332. The number of fused-ring (bicyclic) bond motifs is 11. The van der Waals surface area contributed by atoms with Gasteiger partial charge in [-0.1, -0.05) is 118 Å². The summed E-state index contributed by atoms with van der Waals surface area (Å²) in [5.74, 6) is 0. The zero-order valence-electron chi connectivity index (χ0n) is 36.1. The second kappa shape index (κ2) is 12.0. The van der Waals surface area contributed by atoms with Crippen LogP contribution in [0.25, 0.3) is 71.5 Å². The highest BCUT2D eigenvalue weighted by Gasteiger charge is 2.39. The molecule has 1 radical (unpaired) electrons. The van der Waals surface area contributed by atoms with Crippen molar-refractivity contribution in [1.29, 1.82) is 0 Å². The van der Waals surface area contributed by atoms with E-state index in [-0.39, 0.29) is 21.7 Å². The minimum absolute atomic E-state index is 0.0109. The maximum atomic E-state index is 6.90. The summed E-state index contributed by atoms with van der Waals surface area (Å²) in [6.07, 6.45) is 2.30. The maximum absolute atomic E-state index is 6.90. The number of nitrogens with one attached hydrogen (secondary N) is 1. The predicted octanol–water partition coefficient (Wildman–Crippen LogP) is 13.8. The average Bonchev–Trinajstić information content (AvgIpc) is 3.84. The second-order valence-electron chi connectivity index (χ2n) is 20.8. The Balaban J connectivity index is 1.22. The molecule has 293 valence electrons. The molecule has 0 atom stereocenters. The summed E-state index contributed by atoms with van der Waals surface area (Å²) in [6.45, 7) is 23.3. The first-order valence-corrected chi connectivity index (χ1v) is 21.4. The molecular weight excluding hydrogens is 719 g/mol. The van der Waals surface area contributed by atoms with Crippen molar-refractivity contribution in [3.8, 4) is 16.8 Å². The van der Waals surface area contributed by atoms with Crippen LogP contribution in [0.3, 0.4) is 0 Å². The summed E-state index contributed by atoms with van der Waals surface area (Å²) < 4.78 is 15.9. The molecule has 4 heterocycles. The highest BCUT2D eigenvalue weighted by atomic mass is 16.3. The number of anilines is 2. The minimum atomic E-state index is -0.0109. The van der Waals surface area contributed by atoms with E-state index in [0.29, 0.717) is 0 Å². The first kappa shape index (κ1) is 36.4. The molecule has 3 aromatic heterocycles. The molecule has 0 spiro atoms. The van der Waals surface area contributed by atoms with Crippen molar-refractivity contribution in [2.24, 2.45) is 0 Å². The summed E-state index contributed by atoms with van der Waals surface area (Å²) in [4.78, 5) is 0. The Labute approximate surface area is 347 Å². The fraction of sp³-hybridized carbons (Fsp3) is 0.296. The zero-order chi connectivity index (χ0) is 41.0. The first-order chi connectivity index (χ1) is 28.0. The van der Waals surface area contributed by atoms with Gasteiger partial charge in [0.15, 0.2) is 0 Å². The normalized spacial score (nSPS) is 15.9. The summed E-state index contributed by atoms with van der Waals surface area (Å²) in [7, 11) is 2.32. The van der Waals surface area contributed by atoms with Gasteiger partial charge in [-0.05, 0) is 122 Å². The van der Waals surface area contributed by atoms with E-state index >= 15 is 0 Å². The van der Waals surface area contributed by atoms with Gasteiger partial charge < -0.3 is 18.7 Å². The Kier molecular flexibility index (Phi) is 7.38. The quantitative estimate of drug-likeness (QED) is 0.182. The predicted molar refractivity (Wildman–Crippen MR) is 251 cm³/mol. The molecule has 11 rings (SSSR count). The van der Waals surface area contributed by atoms with E-state index in [4.69, 9.17) is 8.83 Å². The molecule has 0 amide bonds. The van der Waals surface area contributed by atoms with Gasteiger partial charge in [-0.15, -0.1) is 0 Å². The molecule has 5 heteroatoms. The summed E-state index contributed by atoms with van der Waals surface area (Å²) >= 11 is 0. The van der Waals surface area contributed by atoms with Gasteiger partial charge in [-0.3, -0.25) is 0 Å². The molecule has 6 aromatic carbocycles. The summed E-state index contributed by atoms with van der Waals surface area (Å²) in [5.41, 5.74) is 18.5. The lowest BCUT2D eigenvalue weighted by Gasteiger charge is -2.42. The van der Waals surface area contributed by atoms with Crippen LogP contribution in [-0.4, -0.2) is 11.8 Å². The Morgan fingerprint density at radius 3 is 1.98 bits per heavy atom. The van der Waals surface area contributed by atoms with Gasteiger partial charge in [0.2, 0.25) is 7.28 Å². The van der Waals surface area contributed by atoms with Gasteiger partial charge >= 0.3 is 0 Å². The first-order valence-electron chi connectivity index (χ1n) is 21.4. The summed E-state index contributed by atoms with van der Waals surface area (Å²) in [6, 6.07) is 38.4. The van der Waals surface area contributed by atoms with Gasteiger partial charge in [-0.25, -0.2) is 0 Å². The standard InChI is InChI=1S/C54H52BN2O2/c1-51(2,3)30-15-18-32(19-16-30)56-42-29-41-40(53(7,8)23-24-54(41,9)10)26-36(42)34-20-21-35-37-28-46-38(33-13-11-12-14-44(33)58-46)27-43(37)57-48(35)47(34)55-50-49(57)39-25-31(52(4,5)6)17-22-45(39)59-50/h11-22,25-29,56H,23-24H2,1-10H3. The van der Waals surface area contributed by atoms with Crippen LogP contribution in [0.2, 0.25) is 0 Å². The molecular formula is C54H52BN2O2. The third-order valence-electron chi connectivity index (χ3n) is 13.8. The average molecular weight is 772 g/mol. The number of aromatic nitrogens is 1. The smallest absolute Gasteiger partial charge is 0.247 e. The van der Waals surface area contributed by atoms with Crippen molar-refractivity contribution in [3.05, 3.63) is 125 Å². The van der Waals surface area contributed by atoms with Crippen molar-refractivity contribution in [1.82, 2.24) is 4.57 Å². The Morgan fingerprint density at radius 2 is 1.25 bits per heavy atom. The molecule has 0 saturated heterocycles. The van der Waals surface area contributed by atoms with Gasteiger partial charge in [0.05, 0.1) is 16.9 Å². The number of hydrogen-bond acceptors (Lipinski definition) is 3. The van der Waals surface area contributed by atoms with E-state index in [1.165, 1.54) is 55.1 Å². The Morgan fingerprint density at radius 1 is 0.576 bits per heavy atom. The molecule has 0 fully saturated rings. The topological polar surface area (TPSA) is 43.2 Å². The van der Waals surface area contributed by atoms with Gasteiger partial charge in [-0.2, -0.15) is 0 Å². The number of rotatable bonds is 3. The minimum Gasteiger partial charge on any atom is -0.469 e. The van der Waals surface area contributed by atoms with Crippen LogP contribution in [0, 0.1) is 0 Å². The summed E-state index contributed by atoms with van der Waals surface area (Å²) in [5, 5.41) is 9.73. The van der Waals surface area contributed by atoms with E-state index < -0.39 is 0 Å². The Hall–Kier alpha value is -5.68. The van der Waals surface area contributed by atoms with Crippen molar-refractivity contribution in [2.75, 3.05) is 5.32 Å². The highest BCUT2D eigenvalue weighted by molar-refractivity contribution is 6.73. The molecule has 1 aliphatic carbocycles. The van der Waals surface area contributed by atoms with Crippen LogP contribution < -0.4 is 16.4 Å². The molecule has 4 nitrogen and oxygen atoms in total. The van der Waals surface area contributed by atoms with E-state index in [9.17, 15) is 0 Å². The van der Waals surface area contributed by atoms with Crippen molar-refractivity contribution in [2.45, 2.75) is 104 Å². The highest BCUT2D eigenvalue weighted by Crippen LogP contribution is 2.50. The fourth-order valence-electron chi connectivity index (χ4n) is 10.1. The second-order valence-corrected chi connectivity index (χ2v) is 20.8. The molecule has 59 heavy (non-hydrogen) atoms. The van der Waals surface area contributed by atoms with E-state index in [1.807, 2.05) is 6.07 Å². The molecule has 1 aliphatic heterocycles. The zero-order valence-corrected chi connectivity index (χ0v) is 36.1. The molecule has 2 aliphatic rings. The SMILES string of the molecule is CC(C)(C)c1ccc(Nc2cc3c(cc2-c2ccc4c5cc6oc7ccccc7c6cc5n5c4c2[B]c2oc4ccc(C(C)(C)C)cc4c2-5)C(C)(C)CCC3(C)C)cc1. The number of benzene rings is 6. The van der Waals surface area contributed by atoms with E-state index in [2.05, 4.69) is 183 Å². The number of para-hydroxylation sites is 1. The van der Waals surface area contributed by atoms with E-state index in [1.54, 1.807) is 0 Å². The van der Waals surface area contributed by atoms with Gasteiger partial charge in [0.25, 0.3) is 0 Å². The lowest BCUT2D eigenvalue weighted by atomic mass is 9.60. The van der Waals surface area contributed by atoms with Gasteiger partial charge in [0, 0.05) is 49.4 Å². The third kappa shape index (κ3) is 5.42. The lowest BCUT2D eigenvalue weighted by Crippen LogP contribution is -2.36. The van der Waals surface area contributed by atoms with Crippen LogP contribution in [0.5, 0.6) is 0 Å². The van der Waals surface area contributed by atoms with Crippen LogP contribution in [0.1, 0.15) is 104 Å². The van der Waals surface area contributed by atoms with Crippen LogP contribution in [0.4, 0.5) is 11.4 Å². The van der Waals surface area contributed by atoms with Crippen LogP contribution in [0.15, 0.2) is 112 Å². The van der Waals surface area contributed by atoms with Crippen LogP contribution >= 0.6 is 0 Å². The molecule has 1 N–H and O–H groups in total. The third-order valence-corrected chi connectivity index (χ3v) is 13.8. The van der Waals surface area contributed by atoms with Crippen molar-refractivity contribution < 1.29 is 8.83 Å². The molecule has 0 unspecified atom stereocenters. The monoisotopic (exact) mass is 771 g/mol. The Bertz CT molecular complexity index is 3230. The van der Waals surface area contributed by atoms with Crippen LogP contribution in [-0.2, 0) is 21.7 Å². The largest absolute Gasteiger partial charge is 0.469 e. The maximum Gasteiger partial charge on any atom is 0.247 e. The van der Waals surface area contributed by atoms with Crippen molar-refractivity contribution >= 4 is 84.5 Å². The van der Waals surface area contributed by atoms with Gasteiger partial charge in [0.1, 0.15) is 16.7 Å².